The normalized spacial score (nSPS) is 28.9. The second-order valence-corrected chi connectivity index (χ2v) is 9.57. The van der Waals surface area contributed by atoms with Gasteiger partial charge in [0.2, 0.25) is 0 Å². The highest BCUT2D eigenvalue weighted by Gasteiger charge is 2.40. The van der Waals surface area contributed by atoms with Gasteiger partial charge < -0.3 is 19.3 Å². The highest BCUT2D eigenvalue weighted by atomic mass is 16.6. The van der Waals surface area contributed by atoms with Crippen molar-refractivity contribution in [3.8, 4) is 11.5 Å². The molecule has 2 saturated heterocycles. The van der Waals surface area contributed by atoms with Gasteiger partial charge in [-0.05, 0) is 53.9 Å². The predicted octanol–water partition coefficient (Wildman–Crippen LogP) is 3.19. The average Bonchev–Trinajstić information content (AvgIpc) is 2.57. The van der Waals surface area contributed by atoms with Crippen molar-refractivity contribution in [1.82, 2.24) is 4.90 Å². The Hall–Kier alpha value is -1.30. The maximum absolute atomic E-state index is 10.8. The molecule has 0 saturated carbocycles. The minimum Gasteiger partial charge on any atom is -0.493 e. The number of fused-ring (bicyclic) bond motifs is 3. The number of hydrogen-bond acceptors (Lipinski definition) is 5. The van der Waals surface area contributed by atoms with Crippen LogP contribution in [-0.2, 0) is 11.2 Å². The molecule has 0 radical (unpaired) electrons. The number of rotatable bonds is 4. The molecule has 0 amide bonds. The first kappa shape index (κ1) is 19.0. The summed E-state index contributed by atoms with van der Waals surface area (Å²) in [6.07, 6.45) is 2.76. The van der Waals surface area contributed by atoms with E-state index >= 15 is 0 Å². The smallest absolute Gasteiger partial charge is 0.162 e. The van der Waals surface area contributed by atoms with Crippen molar-refractivity contribution >= 4 is 0 Å². The van der Waals surface area contributed by atoms with Gasteiger partial charge in [-0.2, -0.15) is 0 Å². The molecule has 3 aliphatic heterocycles. The van der Waals surface area contributed by atoms with Crippen molar-refractivity contribution in [1.29, 1.82) is 0 Å². The summed E-state index contributed by atoms with van der Waals surface area (Å²) < 4.78 is 16.9. The van der Waals surface area contributed by atoms with Crippen LogP contribution in [0.2, 0.25) is 0 Å². The third-order valence-corrected chi connectivity index (χ3v) is 6.15. The van der Waals surface area contributed by atoms with Crippen LogP contribution in [0, 0.1) is 11.3 Å². The van der Waals surface area contributed by atoms with Crippen LogP contribution >= 0.6 is 0 Å². The molecule has 0 bridgehead atoms. The van der Waals surface area contributed by atoms with Gasteiger partial charge in [0.15, 0.2) is 11.5 Å². The Balaban J connectivity index is 1.56. The van der Waals surface area contributed by atoms with Gasteiger partial charge in [-0.15, -0.1) is 0 Å². The third-order valence-electron chi connectivity index (χ3n) is 6.15. The number of aliphatic hydroxyl groups excluding tert-OH is 1. The monoisotopic (exact) mass is 375 g/mol. The second-order valence-electron chi connectivity index (χ2n) is 9.57. The molecular weight excluding hydrogens is 342 g/mol. The molecule has 3 atom stereocenters. The second kappa shape index (κ2) is 7.26. The van der Waals surface area contributed by atoms with Crippen LogP contribution in [0.3, 0.4) is 0 Å². The topological polar surface area (TPSA) is 51.2 Å². The summed E-state index contributed by atoms with van der Waals surface area (Å²) in [7, 11) is 1.70. The fraction of sp³-hybridized carbons (Fsp3) is 0.727. The van der Waals surface area contributed by atoms with Gasteiger partial charge in [0.25, 0.3) is 0 Å². The van der Waals surface area contributed by atoms with Gasteiger partial charge in [-0.3, -0.25) is 4.90 Å². The summed E-state index contributed by atoms with van der Waals surface area (Å²) in [5.41, 5.74) is 2.87. The lowest BCUT2D eigenvalue weighted by Gasteiger charge is -2.47. The Morgan fingerprint density at radius 3 is 2.63 bits per heavy atom. The van der Waals surface area contributed by atoms with E-state index < -0.39 is 0 Å². The first-order valence-corrected chi connectivity index (χ1v) is 10.2. The van der Waals surface area contributed by atoms with E-state index in [0.717, 1.165) is 43.9 Å². The number of piperidine rings is 1. The molecule has 1 aromatic carbocycles. The zero-order valence-corrected chi connectivity index (χ0v) is 17.0. The van der Waals surface area contributed by atoms with E-state index in [4.69, 9.17) is 14.2 Å². The van der Waals surface area contributed by atoms with Gasteiger partial charge in [-0.1, -0.05) is 20.8 Å². The number of nitrogens with zero attached hydrogens (tertiary/aromatic N) is 1. The molecule has 150 valence electrons. The van der Waals surface area contributed by atoms with Gasteiger partial charge in [0.05, 0.1) is 26.4 Å². The van der Waals surface area contributed by atoms with Crippen molar-refractivity contribution in [3.05, 3.63) is 23.3 Å². The molecule has 0 spiro atoms. The molecular formula is C22H33NO4. The molecule has 2 fully saturated rings. The molecule has 5 nitrogen and oxygen atoms in total. The summed E-state index contributed by atoms with van der Waals surface area (Å²) in [6, 6.07) is 4.56. The third kappa shape index (κ3) is 3.96. The van der Waals surface area contributed by atoms with Crippen LogP contribution in [0.25, 0.3) is 0 Å². The van der Waals surface area contributed by atoms with E-state index in [2.05, 4.69) is 37.8 Å². The quantitative estimate of drug-likeness (QED) is 0.876. The highest BCUT2D eigenvalue weighted by Crippen LogP contribution is 2.44. The number of methoxy groups -OCH3 is 1. The number of ether oxygens (including phenoxy) is 3. The zero-order valence-electron chi connectivity index (χ0n) is 17.0. The van der Waals surface area contributed by atoms with E-state index in [1.54, 1.807) is 7.11 Å². The summed E-state index contributed by atoms with van der Waals surface area (Å²) in [5.74, 6) is 1.96. The van der Waals surface area contributed by atoms with Crippen LogP contribution in [0.4, 0.5) is 0 Å². The van der Waals surface area contributed by atoms with Gasteiger partial charge >= 0.3 is 0 Å². The Labute approximate surface area is 162 Å². The maximum Gasteiger partial charge on any atom is 0.162 e. The van der Waals surface area contributed by atoms with E-state index in [-0.39, 0.29) is 23.7 Å². The molecule has 0 aromatic heterocycles. The van der Waals surface area contributed by atoms with Crippen molar-refractivity contribution in [2.24, 2.45) is 11.3 Å². The van der Waals surface area contributed by atoms with Crippen LogP contribution in [0.1, 0.15) is 50.8 Å². The Morgan fingerprint density at radius 1 is 1.22 bits per heavy atom. The van der Waals surface area contributed by atoms with Crippen molar-refractivity contribution in [2.45, 2.75) is 58.3 Å². The number of hydrogen-bond donors (Lipinski definition) is 1. The minimum absolute atomic E-state index is 0.131. The number of benzene rings is 1. The molecule has 5 heteroatoms. The lowest BCUT2D eigenvalue weighted by Crippen LogP contribution is -2.48. The summed E-state index contributed by atoms with van der Waals surface area (Å²) >= 11 is 0. The molecule has 0 aliphatic carbocycles. The lowest BCUT2D eigenvalue weighted by atomic mass is 9.75. The fourth-order valence-electron chi connectivity index (χ4n) is 4.80. The highest BCUT2D eigenvalue weighted by molar-refractivity contribution is 5.50. The molecule has 1 N–H and O–H groups in total. The van der Waals surface area contributed by atoms with Gasteiger partial charge in [-0.25, -0.2) is 0 Å². The average molecular weight is 376 g/mol. The Kier molecular flexibility index (Phi) is 5.12. The van der Waals surface area contributed by atoms with Gasteiger partial charge in [0, 0.05) is 19.1 Å². The summed E-state index contributed by atoms with van der Waals surface area (Å²) in [4.78, 5) is 2.56. The van der Waals surface area contributed by atoms with Crippen LogP contribution in [0.15, 0.2) is 12.1 Å². The lowest BCUT2D eigenvalue weighted by molar-refractivity contribution is -0.0804. The fourth-order valence-corrected chi connectivity index (χ4v) is 4.80. The van der Waals surface area contributed by atoms with Crippen molar-refractivity contribution in [3.63, 3.8) is 0 Å². The van der Waals surface area contributed by atoms with Crippen molar-refractivity contribution < 1.29 is 19.3 Å². The Morgan fingerprint density at radius 2 is 2.00 bits per heavy atom. The van der Waals surface area contributed by atoms with E-state index in [1.165, 1.54) is 11.1 Å². The predicted molar refractivity (Wildman–Crippen MR) is 104 cm³/mol. The summed E-state index contributed by atoms with van der Waals surface area (Å²) in [6.45, 7) is 10.1. The SMILES string of the molecule is COc1cc2c(cc1OC1COC1)CCN1C[C@@H](CC(C)(C)C)[C@H](O)C[C@H]21. The standard InChI is InChI=1S/C22H33NO4/c1-22(2,3)10-15-11-23-6-5-14-7-21(27-16-12-26-13-16)20(25-4)8-17(14)18(23)9-19(15)24/h7-8,15-16,18-19,24H,5-6,9-13H2,1-4H3/t15-,18-,19-/m1/s1. The van der Waals surface area contributed by atoms with Crippen LogP contribution in [0.5, 0.6) is 11.5 Å². The maximum atomic E-state index is 10.8. The molecule has 27 heavy (non-hydrogen) atoms. The summed E-state index contributed by atoms with van der Waals surface area (Å²) in [5, 5.41) is 10.8. The molecule has 0 unspecified atom stereocenters. The van der Waals surface area contributed by atoms with E-state index in [0.29, 0.717) is 19.1 Å². The molecule has 3 aliphatic rings. The van der Waals surface area contributed by atoms with Crippen LogP contribution < -0.4 is 9.47 Å². The van der Waals surface area contributed by atoms with E-state index in [1.807, 2.05) is 0 Å². The molecule has 4 rings (SSSR count). The van der Waals surface area contributed by atoms with Crippen LogP contribution in [-0.4, -0.2) is 55.6 Å². The first-order valence-electron chi connectivity index (χ1n) is 10.2. The first-order chi connectivity index (χ1) is 12.8. The minimum atomic E-state index is -0.245. The van der Waals surface area contributed by atoms with Gasteiger partial charge in [0.1, 0.15) is 6.10 Å². The number of aliphatic hydroxyl groups is 1. The molecule has 3 heterocycles. The van der Waals surface area contributed by atoms with Crippen molar-refractivity contribution in [2.75, 3.05) is 33.4 Å². The van der Waals surface area contributed by atoms with E-state index in [9.17, 15) is 5.11 Å². The zero-order chi connectivity index (χ0) is 19.2. The molecule has 1 aromatic rings. The Bertz CT molecular complexity index is 680. The largest absolute Gasteiger partial charge is 0.493 e.